The molecule has 0 aliphatic carbocycles. The minimum Gasteiger partial charge on any atom is -0.298 e. The first kappa shape index (κ1) is 9.98. The first-order valence-electron chi connectivity index (χ1n) is 3.82. The van der Waals surface area contributed by atoms with Gasteiger partial charge in [-0.2, -0.15) is 0 Å². The highest BCUT2D eigenvalue weighted by Gasteiger charge is 2.08. The third kappa shape index (κ3) is 2.75. The van der Waals surface area contributed by atoms with E-state index in [-0.39, 0.29) is 5.57 Å². The van der Waals surface area contributed by atoms with E-state index < -0.39 is 5.97 Å². The Labute approximate surface area is 80.7 Å². The zero-order chi connectivity index (χ0) is 10.4. The predicted molar refractivity (Wildman–Crippen MR) is 48.4 cm³/mol. The number of carbonyl (C=O) groups excluding carboxylic acids is 2. The Kier molecular flexibility index (Phi) is 3.43. The number of aldehydes is 1. The van der Waals surface area contributed by atoms with Gasteiger partial charge in [-0.05, 0) is 12.1 Å². The lowest BCUT2D eigenvalue weighted by Gasteiger charge is -2.02. The maximum Gasteiger partial charge on any atom is 0.388 e. The van der Waals surface area contributed by atoms with Crippen molar-refractivity contribution in [2.24, 2.45) is 0 Å². The lowest BCUT2D eigenvalue weighted by Crippen LogP contribution is -2.10. The number of hydrogen-bond acceptors (Lipinski definition) is 4. The molecule has 0 fully saturated rings. The van der Waals surface area contributed by atoms with Crippen LogP contribution in [0.25, 0.3) is 0 Å². The number of benzene rings is 1. The van der Waals surface area contributed by atoms with Gasteiger partial charge in [0.25, 0.3) is 0 Å². The van der Waals surface area contributed by atoms with Crippen molar-refractivity contribution in [1.82, 2.24) is 0 Å². The third-order valence-corrected chi connectivity index (χ3v) is 1.36. The molecule has 0 spiro atoms. The summed E-state index contributed by atoms with van der Waals surface area (Å²) in [5.41, 5.74) is -0.291. The molecule has 72 valence electrons. The standard InChI is InChI=1S/C10H8O4/c1-8(7-11)10(12)14-13-9-5-3-2-4-6-9/h2-7H,1H2. The molecule has 0 radical (unpaired) electrons. The second-order valence-electron chi connectivity index (χ2n) is 2.41. The number of hydrogen-bond donors (Lipinski definition) is 0. The van der Waals surface area contributed by atoms with E-state index in [9.17, 15) is 9.59 Å². The van der Waals surface area contributed by atoms with Gasteiger partial charge in [0.2, 0.25) is 0 Å². The fraction of sp³-hybridized carbons (Fsp3) is 0. The molecule has 14 heavy (non-hydrogen) atoms. The van der Waals surface area contributed by atoms with E-state index >= 15 is 0 Å². The van der Waals surface area contributed by atoms with Gasteiger partial charge in [-0.25, -0.2) is 9.68 Å². The lowest BCUT2D eigenvalue weighted by molar-refractivity contribution is -0.208. The van der Waals surface area contributed by atoms with E-state index in [0.29, 0.717) is 12.0 Å². The van der Waals surface area contributed by atoms with Crippen LogP contribution < -0.4 is 4.89 Å². The fourth-order valence-corrected chi connectivity index (χ4v) is 0.664. The van der Waals surface area contributed by atoms with Gasteiger partial charge in [-0.1, -0.05) is 24.8 Å². The smallest absolute Gasteiger partial charge is 0.298 e. The van der Waals surface area contributed by atoms with E-state index in [1.807, 2.05) is 0 Å². The zero-order valence-corrected chi connectivity index (χ0v) is 7.30. The van der Waals surface area contributed by atoms with Crippen LogP contribution >= 0.6 is 0 Å². The van der Waals surface area contributed by atoms with E-state index in [2.05, 4.69) is 16.4 Å². The molecule has 0 bridgehead atoms. The first-order valence-corrected chi connectivity index (χ1v) is 3.82. The Morgan fingerprint density at radius 1 is 1.29 bits per heavy atom. The molecule has 0 saturated carbocycles. The van der Waals surface area contributed by atoms with Gasteiger partial charge in [0.15, 0.2) is 12.0 Å². The number of carbonyl (C=O) groups is 2. The summed E-state index contributed by atoms with van der Waals surface area (Å²) in [7, 11) is 0. The zero-order valence-electron chi connectivity index (χ0n) is 7.30. The van der Waals surface area contributed by atoms with E-state index in [4.69, 9.17) is 0 Å². The van der Waals surface area contributed by atoms with Gasteiger partial charge in [-0.15, -0.1) is 0 Å². The molecule has 4 nitrogen and oxygen atoms in total. The topological polar surface area (TPSA) is 52.6 Å². The van der Waals surface area contributed by atoms with Crippen LogP contribution in [0.1, 0.15) is 0 Å². The summed E-state index contributed by atoms with van der Waals surface area (Å²) in [4.78, 5) is 29.9. The van der Waals surface area contributed by atoms with Crippen LogP contribution in [0, 0.1) is 0 Å². The van der Waals surface area contributed by atoms with Crippen molar-refractivity contribution >= 4 is 12.3 Å². The molecular weight excluding hydrogens is 184 g/mol. The predicted octanol–water partition coefficient (Wildman–Crippen LogP) is 1.28. The highest BCUT2D eigenvalue weighted by molar-refractivity contribution is 6.06. The minimum atomic E-state index is -0.899. The molecule has 1 rings (SSSR count). The van der Waals surface area contributed by atoms with Crippen LogP contribution in [0.5, 0.6) is 5.75 Å². The number of para-hydroxylation sites is 1. The average molecular weight is 192 g/mol. The summed E-state index contributed by atoms with van der Waals surface area (Å²) in [6.45, 7) is 3.16. The normalized spacial score (nSPS) is 8.86. The van der Waals surface area contributed by atoms with Crippen molar-refractivity contribution in [3.8, 4) is 5.75 Å². The fourth-order valence-electron chi connectivity index (χ4n) is 0.664. The Bertz CT molecular complexity index is 342. The summed E-state index contributed by atoms with van der Waals surface area (Å²) in [5, 5.41) is 0. The Morgan fingerprint density at radius 3 is 2.50 bits per heavy atom. The van der Waals surface area contributed by atoms with Gasteiger partial charge in [0.1, 0.15) is 0 Å². The Morgan fingerprint density at radius 2 is 1.93 bits per heavy atom. The first-order chi connectivity index (χ1) is 6.74. The third-order valence-electron chi connectivity index (χ3n) is 1.36. The molecule has 4 heteroatoms. The van der Waals surface area contributed by atoms with Crippen LogP contribution in [0.15, 0.2) is 42.5 Å². The minimum absolute atomic E-state index is 0.291. The lowest BCUT2D eigenvalue weighted by atomic mass is 10.3. The molecule has 0 saturated heterocycles. The highest BCUT2D eigenvalue weighted by Crippen LogP contribution is 2.08. The molecule has 0 unspecified atom stereocenters. The molecular formula is C10H8O4. The van der Waals surface area contributed by atoms with Crippen LogP contribution in [-0.4, -0.2) is 12.3 Å². The quantitative estimate of drug-likeness (QED) is 0.180. The van der Waals surface area contributed by atoms with Gasteiger partial charge in [0.05, 0.1) is 5.57 Å². The monoisotopic (exact) mass is 192 g/mol. The molecule has 0 heterocycles. The van der Waals surface area contributed by atoms with Gasteiger partial charge in [-0.3, -0.25) is 9.68 Å². The van der Waals surface area contributed by atoms with Gasteiger partial charge >= 0.3 is 5.97 Å². The summed E-state index contributed by atoms with van der Waals surface area (Å²) >= 11 is 0. The second-order valence-corrected chi connectivity index (χ2v) is 2.41. The second kappa shape index (κ2) is 4.81. The van der Waals surface area contributed by atoms with Gasteiger partial charge in [0, 0.05) is 0 Å². The maximum atomic E-state index is 10.9. The van der Waals surface area contributed by atoms with E-state index in [1.165, 1.54) is 0 Å². The largest absolute Gasteiger partial charge is 0.388 e. The Balaban J connectivity index is 2.46. The van der Waals surface area contributed by atoms with Crippen molar-refractivity contribution in [1.29, 1.82) is 0 Å². The summed E-state index contributed by atoms with van der Waals surface area (Å²) < 4.78 is 0. The van der Waals surface area contributed by atoms with E-state index in [1.54, 1.807) is 30.3 Å². The molecule has 0 aliphatic rings. The van der Waals surface area contributed by atoms with Crippen LogP contribution in [0.4, 0.5) is 0 Å². The van der Waals surface area contributed by atoms with Crippen molar-refractivity contribution < 1.29 is 19.4 Å². The van der Waals surface area contributed by atoms with Crippen LogP contribution in [0.3, 0.4) is 0 Å². The highest BCUT2D eigenvalue weighted by atomic mass is 17.2. The summed E-state index contributed by atoms with van der Waals surface area (Å²) in [6.07, 6.45) is 0.302. The van der Waals surface area contributed by atoms with E-state index in [0.717, 1.165) is 0 Å². The van der Waals surface area contributed by atoms with Crippen molar-refractivity contribution in [2.45, 2.75) is 0 Å². The van der Waals surface area contributed by atoms with Crippen molar-refractivity contribution in [3.63, 3.8) is 0 Å². The summed E-state index contributed by atoms with van der Waals surface area (Å²) in [6, 6.07) is 8.45. The molecule has 0 aromatic heterocycles. The van der Waals surface area contributed by atoms with Gasteiger partial charge < -0.3 is 0 Å². The molecule has 0 aliphatic heterocycles. The maximum absolute atomic E-state index is 10.9. The molecule has 1 aromatic carbocycles. The van der Waals surface area contributed by atoms with Crippen molar-refractivity contribution in [2.75, 3.05) is 0 Å². The summed E-state index contributed by atoms with van der Waals surface area (Å²) in [5.74, 6) is -0.525. The number of rotatable bonds is 4. The van der Waals surface area contributed by atoms with Crippen molar-refractivity contribution in [3.05, 3.63) is 42.5 Å². The molecule has 0 amide bonds. The molecule has 0 N–H and O–H groups in total. The van der Waals surface area contributed by atoms with Crippen LogP contribution in [-0.2, 0) is 14.5 Å². The Hall–Kier alpha value is -2.10. The van der Waals surface area contributed by atoms with Crippen LogP contribution in [0.2, 0.25) is 0 Å². The molecule has 0 atom stereocenters. The average Bonchev–Trinajstić information content (AvgIpc) is 2.26. The SMILES string of the molecule is C=C(C=O)C(=O)OOc1ccccc1. The molecule has 1 aromatic rings.